The molecule has 2 aliphatic rings. The zero-order chi connectivity index (χ0) is 12.1. The van der Waals surface area contributed by atoms with Gasteiger partial charge in [0.25, 0.3) is 0 Å². The van der Waals surface area contributed by atoms with Gasteiger partial charge in [0.15, 0.2) is 0 Å². The van der Waals surface area contributed by atoms with Crippen LogP contribution in [0.15, 0.2) is 0 Å². The van der Waals surface area contributed by atoms with Gasteiger partial charge in [-0.1, -0.05) is 19.3 Å². The Morgan fingerprint density at radius 1 is 1.06 bits per heavy atom. The largest absolute Gasteiger partial charge is 0.342 e. The van der Waals surface area contributed by atoms with Crippen molar-refractivity contribution in [3.05, 3.63) is 0 Å². The highest BCUT2D eigenvalue weighted by molar-refractivity contribution is 5.78. The zero-order valence-electron chi connectivity index (χ0n) is 10.7. The molecule has 2 fully saturated rings. The van der Waals surface area contributed by atoms with Gasteiger partial charge in [-0.15, -0.1) is 0 Å². The summed E-state index contributed by atoms with van der Waals surface area (Å²) < 4.78 is 0. The van der Waals surface area contributed by atoms with E-state index in [0.717, 1.165) is 32.6 Å². The number of hydrogen-bond donors (Lipinski definition) is 1. The number of nitrogens with zero attached hydrogens (tertiary/aromatic N) is 2. The maximum atomic E-state index is 12.2. The van der Waals surface area contributed by atoms with Crippen LogP contribution in [-0.2, 0) is 4.79 Å². The van der Waals surface area contributed by atoms with Crippen molar-refractivity contribution < 1.29 is 4.79 Å². The standard InChI is InChI=1S/C13H25N3O/c14-12-6-9-15(10-12)11-13(17)16-7-4-2-1-3-5-8-16/h12H,1-11,14H2/t12-/m0/s1. The third-order valence-corrected chi connectivity index (χ3v) is 3.88. The molecule has 0 bridgehead atoms. The van der Waals surface area contributed by atoms with E-state index in [-0.39, 0.29) is 6.04 Å². The van der Waals surface area contributed by atoms with Crippen molar-refractivity contribution in [1.29, 1.82) is 0 Å². The van der Waals surface area contributed by atoms with Crippen LogP contribution >= 0.6 is 0 Å². The Morgan fingerprint density at radius 2 is 1.71 bits per heavy atom. The van der Waals surface area contributed by atoms with Gasteiger partial charge in [-0.25, -0.2) is 0 Å². The van der Waals surface area contributed by atoms with E-state index in [4.69, 9.17) is 5.73 Å². The van der Waals surface area contributed by atoms with E-state index in [2.05, 4.69) is 9.80 Å². The maximum Gasteiger partial charge on any atom is 0.236 e. The van der Waals surface area contributed by atoms with Crippen LogP contribution in [0.3, 0.4) is 0 Å². The van der Waals surface area contributed by atoms with Crippen LogP contribution in [0.25, 0.3) is 0 Å². The number of hydrogen-bond acceptors (Lipinski definition) is 3. The summed E-state index contributed by atoms with van der Waals surface area (Å²) in [6.07, 6.45) is 7.27. The molecular formula is C13H25N3O. The van der Waals surface area contributed by atoms with Gasteiger partial charge in [-0.2, -0.15) is 0 Å². The van der Waals surface area contributed by atoms with E-state index in [1.165, 1.54) is 32.1 Å². The lowest BCUT2D eigenvalue weighted by Gasteiger charge is -2.27. The lowest BCUT2D eigenvalue weighted by atomic mass is 10.1. The van der Waals surface area contributed by atoms with Crippen molar-refractivity contribution >= 4 is 5.91 Å². The van der Waals surface area contributed by atoms with Crippen LogP contribution in [0, 0.1) is 0 Å². The summed E-state index contributed by atoms with van der Waals surface area (Å²) in [5.41, 5.74) is 5.86. The van der Waals surface area contributed by atoms with Gasteiger partial charge in [0.1, 0.15) is 0 Å². The summed E-state index contributed by atoms with van der Waals surface area (Å²) >= 11 is 0. The molecule has 2 saturated heterocycles. The predicted octanol–water partition coefficient (Wildman–Crippen LogP) is 0.812. The molecule has 0 aromatic rings. The Morgan fingerprint density at radius 3 is 2.29 bits per heavy atom. The molecule has 1 atom stereocenters. The second-order valence-corrected chi connectivity index (χ2v) is 5.43. The molecule has 98 valence electrons. The summed E-state index contributed by atoms with van der Waals surface area (Å²) in [6.45, 7) is 4.37. The van der Waals surface area contributed by atoms with E-state index in [9.17, 15) is 4.79 Å². The molecule has 0 radical (unpaired) electrons. The summed E-state index contributed by atoms with van der Waals surface area (Å²) in [6, 6.07) is 0.273. The SMILES string of the molecule is N[C@H]1CCN(CC(=O)N2CCCCCCC2)C1. The molecule has 2 N–H and O–H groups in total. The Kier molecular flexibility index (Phi) is 4.80. The van der Waals surface area contributed by atoms with E-state index < -0.39 is 0 Å². The number of carbonyl (C=O) groups excluding carboxylic acids is 1. The normalized spacial score (nSPS) is 27.8. The number of carbonyl (C=O) groups is 1. The molecule has 17 heavy (non-hydrogen) atoms. The van der Waals surface area contributed by atoms with Gasteiger partial charge in [-0.05, 0) is 19.3 Å². The maximum absolute atomic E-state index is 12.2. The predicted molar refractivity (Wildman–Crippen MR) is 68.7 cm³/mol. The minimum Gasteiger partial charge on any atom is -0.342 e. The topological polar surface area (TPSA) is 49.6 Å². The van der Waals surface area contributed by atoms with E-state index >= 15 is 0 Å². The summed E-state index contributed by atoms with van der Waals surface area (Å²) in [4.78, 5) is 16.4. The van der Waals surface area contributed by atoms with Gasteiger partial charge in [0.2, 0.25) is 5.91 Å². The molecule has 4 heteroatoms. The first-order valence-electron chi connectivity index (χ1n) is 7.01. The molecule has 2 aliphatic heterocycles. The van der Waals surface area contributed by atoms with E-state index in [0.29, 0.717) is 12.5 Å². The Bertz CT molecular complexity index is 249. The number of likely N-dealkylation sites (tertiary alicyclic amines) is 2. The van der Waals surface area contributed by atoms with Crippen molar-refractivity contribution in [2.75, 3.05) is 32.7 Å². The summed E-state index contributed by atoms with van der Waals surface area (Å²) in [7, 11) is 0. The molecule has 2 rings (SSSR count). The summed E-state index contributed by atoms with van der Waals surface area (Å²) in [5.74, 6) is 0.306. The molecule has 0 unspecified atom stereocenters. The fraction of sp³-hybridized carbons (Fsp3) is 0.923. The van der Waals surface area contributed by atoms with Gasteiger partial charge < -0.3 is 10.6 Å². The van der Waals surface area contributed by atoms with Crippen molar-refractivity contribution in [2.24, 2.45) is 5.73 Å². The first-order chi connectivity index (χ1) is 8.25. The van der Waals surface area contributed by atoms with Crippen molar-refractivity contribution in [3.8, 4) is 0 Å². The number of rotatable bonds is 2. The van der Waals surface area contributed by atoms with Crippen LogP contribution in [0.4, 0.5) is 0 Å². The van der Waals surface area contributed by atoms with Gasteiger partial charge in [-0.3, -0.25) is 9.69 Å². The fourth-order valence-corrected chi connectivity index (χ4v) is 2.79. The lowest BCUT2D eigenvalue weighted by Crippen LogP contribution is -2.41. The second kappa shape index (κ2) is 6.36. The average Bonchev–Trinajstić information content (AvgIpc) is 2.63. The van der Waals surface area contributed by atoms with Gasteiger partial charge >= 0.3 is 0 Å². The van der Waals surface area contributed by atoms with E-state index in [1.807, 2.05) is 0 Å². The Labute approximate surface area is 104 Å². The minimum atomic E-state index is 0.273. The molecule has 0 aromatic carbocycles. The van der Waals surface area contributed by atoms with Crippen molar-refractivity contribution in [3.63, 3.8) is 0 Å². The first-order valence-corrected chi connectivity index (χ1v) is 7.01. The third kappa shape index (κ3) is 3.96. The quantitative estimate of drug-likeness (QED) is 0.776. The zero-order valence-corrected chi connectivity index (χ0v) is 10.7. The minimum absolute atomic E-state index is 0.273. The molecule has 0 spiro atoms. The second-order valence-electron chi connectivity index (χ2n) is 5.43. The molecule has 0 aliphatic carbocycles. The summed E-state index contributed by atoms with van der Waals surface area (Å²) in [5, 5.41) is 0. The monoisotopic (exact) mass is 239 g/mol. The fourth-order valence-electron chi connectivity index (χ4n) is 2.79. The average molecular weight is 239 g/mol. The molecule has 0 saturated carbocycles. The van der Waals surface area contributed by atoms with Crippen LogP contribution in [0.2, 0.25) is 0 Å². The Hall–Kier alpha value is -0.610. The van der Waals surface area contributed by atoms with Gasteiger partial charge in [0, 0.05) is 32.2 Å². The van der Waals surface area contributed by atoms with Crippen LogP contribution in [0.5, 0.6) is 0 Å². The number of nitrogens with two attached hydrogens (primary N) is 1. The van der Waals surface area contributed by atoms with Crippen LogP contribution < -0.4 is 5.73 Å². The van der Waals surface area contributed by atoms with Crippen LogP contribution in [-0.4, -0.2) is 54.5 Å². The van der Waals surface area contributed by atoms with E-state index in [1.54, 1.807) is 0 Å². The van der Waals surface area contributed by atoms with Crippen molar-refractivity contribution in [2.45, 2.75) is 44.6 Å². The molecule has 1 amide bonds. The highest BCUT2D eigenvalue weighted by Crippen LogP contribution is 2.12. The number of amides is 1. The smallest absolute Gasteiger partial charge is 0.236 e. The third-order valence-electron chi connectivity index (χ3n) is 3.88. The van der Waals surface area contributed by atoms with Crippen LogP contribution in [0.1, 0.15) is 38.5 Å². The molecular weight excluding hydrogens is 214 g/mol. The first kappa shape index (κ1) is 12.8. The highest BCUT2D eigenvalue weighted by atomic mass is 16.2. The molecule has 0 aromatic heterocycles. The molecule has 4 nitrogen and oxygen atoms in total. The Balaban J connectivity index is 1.77. The highest BCUT2D eigenvalue weighted by Gasteiger charge is 2.23. The van der Waals surface area contributed by atoms with Gasteiger partial charge in [0.05, 0.1) is 6.54 Å². The molecule has 2 heterocycles. The lowest BCUT2D eigenvalue weighted by molar-refractivity contribution is -0.132. The van der Waals surface area contributed by atoms with Crippen molar-refractivity contribution in [1.82, 2.24) is 9.80 Å².